The number of unbranched alkanes of at least 4 members (excludes halogenated alkanes) is 35. The Hall–Kier alpha value is -1.59. The molecule has 0 unspecified atom stereocenters. The molecule has 0 heterocycles. The number of rotatable bonds is 50. The van der Waals surface area contributed by atoms with E-state index >= 15 is 0 Å². The van der Waals surface area contributed by atoms with Gasteiger partial charge in [-0.3, -0.25) is 14.4 Å². The fourth-order valence-corrected chi connectivity index (χ4v) is 8.52. The lowest BCUT2D eigenvalue weighted by Gasteiger charge is -2.18. The molecule has 0 saturated carbocycles. The first-order valence-corrected chi connectivity index (χ1v) is 27.7. The van der Waals surface area contributed by atoms with E-state index in [1.54, 1.807) is 0 Å². The van der Waals surface area contributed by atoms with Gasteiger partial charge in [0.15, 0.2) is 6.10 Å². The summed E-state index contributed by atoms with van der Waals surface area (Å²) < 4.78 is 16.8. The van der Waals surface area contributed by atoms with E-state index in [1.165, 1.54) is 199 Å². The first-order chi connectivity index (χ1) is 30.2. The van der Waals surface area contributed by atoms with Crippen LogP contribution in [0.4, 0.5) is 0 Å². The van der Waals surface area contributed by atoms with Gasteiger partial charge in [-0.25, -0.2) is 0 Å². The van der Waals surface area contributed by atoms with Crippen molar-refractivity contribution in [1.29, 1.82) is 0 Å². The van der Waals surface area contributed by atoms with Crippen molar-refractivity contribution in [3.63, 3.8) is 0 Å². The van der Waals surface area contributed by atoms with Crippen LogP contribution < -0.4 is 0 Å². The quantitative estimate of drug-likeness (QED) is 0.0344. The van der Waals surface area contributed by atoms with Crippen LogP contribution in [0.25, 0.3) is 0 Å². The van der Waals surface area contributed by atoms with Crippen LogP contribution in [-0.2, 0) is 28.6 Å². The number of carbonyl (C=O) groups is 3. The second kappa shape index (κ2) is 48.9. The van der Waals surface area contributed by atoms with Gasteiger partial charge >= 0.3 is 17.9 Å². The van der Waals surface area contributed by atoms with Crippen molar-refractivity contribution in [2.24, 2.45) is 11.8 Å². The molecule has 0 amide bonds. The molecule has 0 fully saturated rings. The third kappa shape index (κ3) is 49.4. The Morgan fingerprint density at radius 3 is 0.790 bits per heavy atom. The average molecular weight is 877 g/mol. The standard InChI is InChI=1S/C56H108O6/c1-6-7-8-9-10-11-12-13-14-15-18-22-25-28-31-38-43-48-56(59)62-53(50-61-55(58)47-42-37-33-32-35-40-45-52(4)5)49-60-54(57)46-41-36-30-27-24-21-19-16-17-20-23-26-29-34-39-44-51(2)3/h51-53H,6-50H2,1-5H3/t53-/m1/s1. The largest absolute Gasteiger partial charge is 0.462 e. The minimum Gasteiger partial charge on any atom is -0.462 e. The van der Waals surface area contributed by atoms with Crippen molar-refractivity contribution in [2.45, 2.75) is 317 Å². The molecule has 0 aliphatic carbocycles. The second-order valence-electron chi connectivity index (χ2n) is 20.2. The molecule has 0 radical (unpaired) electrons. The molecule has 0 rings (SSSR count). The lowest BCUT2D eigenvalue weighted by molar-refractivity contribution is -0.167. The van der Waals surface area contributed by atoms with Gasteiger partial charge in [0.1, 0.15) is 13.2 Å². The van der Waals surface area contributed by atoms with Crippen molar-refractivity contribution in [3.8, 4) is 0 Å². The zero-order valence-corrected chi connectivity index (χ0v) is 42.5. The second-order valence-corrected chi connectivity index (χ2v) is 20.2. The van der Waals surface area contributed by atoms with E-state index in [-0.39, 0.29) is 31.1 Å². The lowest BCUT2D eigenvalue weighted by atomic mass is 10.0. The SMILES string of the molecule is CCCCCCCCCCCCCCCCCCCC(=O)O[C@H](COC(=O)CCCCCCCCCCCCCCCCCC(C)C)COC(=O)CCCCCCCCC(C)C. The van der Waals surface area contributed by atoms with Crippen LogP contribution in [0, 0.1) is 11.8 Å². The van der Waals surface area contributed by atoms with Crippen LogP contribution in [0.15, 0.2) is 0 Å². The maximum atomic E-state index is 12.8. The molecule has 6 heteroatoms. The minimum atomic E-state index is -0.762. The molecule has 0 aromatic heterocycles. The molecular formula is C56H108O6. The molecule has 0 N–H and O–H groups in total. The minimum absolute atomic E-state index is 0.0639. The fraction of sp³-hybridized carbons (Fsp3) is 0.946. The van der Waals surface area contributed by atoms with Crippen molar-refractivity contribution < 1.29 is 28.6 Å². The van der Waals surface area contributed by atoms with Crippen molar-refractivity contribution >= 4 is 17.9 Å². The summed E-state index contributed by atoms with van der Waals surface area (Å²) in [5.41, 5.74) is 0. The van der Waals surface area contributed by atoms with Gasteiger partial charge < -0.3 is 14.2 Å². The Morgan fingerprint density at radius 1 is 0.306 bits per heavy atom. The predicted octanol–water partition coefficient (Wildman–Crippen LogP) is 18.1. The molecule has 6 nitrogen and oxygen atoms in total. The van der Waals surface area contributed by atoms with Gasteiger partial charge in [-0.1, -0.05) is 272 Å². The molecule has 0 aliphatic heterocycles. The number of esters is 3. The van der Waals surface area contributed by atoms with Crippen molar-refractivity contribution in [1.82, 2.24) is 0 Å². The highest BCUT2D eigenvalue weighted by Crippen LogP contribution is 2.18. The summed E-state index contributed by atoms with van der Waals surface area (Å²) in [4.78, 5) is 38.0. The topological polar surface area (TPSA) is 78.9 Å². The van der Waals surface area contributed by atoms with Gasteiger partial charge in [-0.2, -0.15) is 0 Å². The van der Waals surface area contributed by atoms with Crippen LogP contribution in [0.2, 0.25) is 0 Å². The van der Waals surface area contributed by atoms with Crippen LogP contribution in [0.5, 0.6) is 0 Å². The summed E-state index contributed by atoms with van der Waals surface area (Å²) in [5.74, 6) is 0.764. The highest BCUT2D eigenvalue weighted by atomic mass is 16.6. The molecule has 0 aromatic rings. The van der Waals surface area contributed by atoms with E-state index in [4.69, 9.17) is 14.2 Å². The molecule has 0 aromatic carbocycles. The molecule has 368 valence electrons. The molecule has 62 heavy (non-hydrogen) atoms. The van der Waals surface area contributed by atoms with Crippen LogP contribution in [-0.4, -0.2) is 37.2 Å². The maximum Gasteiger partial charge on any atom is 0.306 e. The molecule has 0 saturated heterocycles. The van der Waals surface area contributed by atoms with Crippen molar-refractivity contribution in [3.05, 3.63) is 0 Å². The molecule has 0 spiro atoms. The van der Waals surface area contributed by atoms with Gasteiger partial charge in [-0.05, 0) is 31.1 Å². The van der Waals surface area contributed by atoms with E-state index in [9.17, 15) is 14.4 Å². The molecule has 0 aliphatic rings. The summed E-state index contributed by atoms with van der Waals surface area (Å²) in [6.07, 6.45) is 51.1. The number of hydrogen-bond donors (Lipinski definition) is 0. The van der Waals surface area contributed by atoms with Crippen LogP contribution in [0.1, 0.15) is 311 Å². The zero-order valence-electron chi connectivity index (χ0n) is 42.5. The highest BCUT2D eigenvalue weighted by Gasteiger charge is 2.19. The number of ether oxygens (including phenoxy) is 3. The van der Waals surface area contributed by atoms with E-state index in [1.807, 2.05) is 0 Å². The zero-order chi connectivity index (χ0) is 45.4. The van der Waals surface area contributed by atoms with E-state index in [0.717, 1.165) is 69.6 Å². The summed E-state index contributed by atoms with van der Waals surface area (Å²) >= 11 is 0. The Balaban J connectivity index is 4.23. The highest BCUT2D eigenvalue weighted by molar-refractivity contribution is 5.71. The smallest absolute Gasteiger partial charge is 0.306 e. The van der Waals surface area contributed by atoms with E-state index < -0.39 is 6.10 Å². The molecule has 0 bridgehead atoms. The monoisotopic (exact) mass is 877 g/mol. The summed E-state index contributed by atoms with van der Waals surface area (Å²) in [5, 5.41) is 0. The van der Waals surface area contributed by atoms with Gasteiger partial charge in [-0.15, -0.1) is 0 Å². The number of carbonyl (C=O) groups excluding carboxylic acids is 3. The van der Waals surface area contributed by atoms with Gasteiger partial charge in [0, 0.05) is 19.3 Å². The molecular weight excluding hydrogens is 769 g/mol. The summed E-state index contributed by atoms with van der Waals surface area (Å²) in [7, 11) is 0. The Labute approximate surface area is 387 Å². The summed E-state index contributed by atoms with van der Waals surface area (Å²) in [6.45, 7) is 11.3. The predicted molar refractivity (Wildman–Crippen MR) is 266 cm³/mol. The van der Waals surface area contributed by atoms with Crippen LogP contribution >= 0.6 is 0 Å². The van der Waals surface area contributed by atoms with Gasteiger partial charge in [0.2, 0.25) is 0 Å². The normalized spacial score (nSPS) is 12.0. The Morgan fingerprint density at radius 2 is 0.532 bits per heavy atom. The third-order valence-electron chi connectivity index (χ3n) is 12.7. The summed E-state index contributed by atoms with van der Waals surface area (Å²) in [6, 6.07) is 0. The van der Waals surface area contributed by atoms with E-state index in [0.29, 0.717) is 19.3 Å². The van der Waals surface area contributed by atoms with Gasteiger partial charge in [0.05, 0.1) is 0 Å². The van der Waals surface area contributed by atoms with Gasteiger partial charge in [0.25, 0.3) is 0 Å². The third-order valence-corrected chi connectivity index (χ3v) is 12.7. The first kappa shape index (κ1) is 60.4. The first-order valence-electron chi connectivity index (χ1n) is 27.7. The fourth-order valence-electron chi connectivity index (χ4n) is 8.52. The molecule has 1 atom stereocenters. The Kier molecular flexibility index (Phi) is 47.6. The van der Waals surface area contributed by atoms with Crippen molar-refractivity contribution in [2.75, 3.05) is 13.2 Å². The maximum absolute atomic E-state index is 12.8. The lowest BCUT2D eigenvalue weighted by Crippen LogP contribution is -2.30. The Bertz CT molecular complexity index is 947. The average Bonchev–Trinajstić information content (AvgIpc) is 3.24. The van der Waals surface area contributed by atoms with Crippen LogP contribution in [0.3, 0.4) is 0 Å². The number of hydrogen-bond acceptors (Lipinski definition) is 6. The van der Waals surface area contributed by atoms with E-state index in [2.05, 4.69) is 34.6 Å².